The van der Waals surface area contributed by atoms with Gasteiger partial charge in [0.25, 0.3) is 5.91 Å². The number of imidazole rings is 1. The van der Waals surface area contributed by atoms with Crippen LogP contribution in [0.15, 0.2) is 30.6 Å². The van der Waals surface area contributed by atoms with Gasteiger partial charge >= 0.3 is 5.97 Å². The van der Waals surface area contributed by atoms with Crippen molar-refractivity contribution < 1.29 is 14.3 Å². The fraction of sp³-hybridized carbons (Fsp3) is 0.458. The Hall–Kier alpha value is -2.64. The molecule has 1 saturated carbocycles. The maximum absolute atomic E-state index is 13.6. The molecule has 0 N–H and O–H groups in total. The number of hydrogen-bond donors (Lipinski definition) is 0. The summed E-state index contributed by atoms with van der Waals surface area (Å²) in [6.45, 7) is 8.59. The number of nitrogens with zero attached hydrogens (tertiary/aromatic N) is 4. The summed E-state index contributed by atoms with van der Waals surface area (Å²) < 4.78 is 7.34. The Balaban J connectivity index is 1.58. The number of esters is 1. The molecule has 1 aliphatic heterocycles. The average molecular weight is 455 g/mol. The van der Waals surface area contributed by atoms with Crippen molar-refractivity contribution in [1.29, 1.82) is 0 Å². The maximum Gasteiger partial charge on any atom is 0.359 e. The van der Waals surface area contributed by atoms with E-state index in [0.29, 0.717) is 40.6 Å². The first-order valence-electron chi connectivity index (χ1n) is 11.1. The summed E-state index contributed by atoms with van der Waals surface area (Å²) >= 11 is 6.57. The first-order chi connectivity index (χ1) is 15.2. The largest absolute Gasteiger partial charge is 0.455 e. The monoisotopic (exact) mass is 454 g/mol. The summed E-state index contributed by atoms with van der Waals surface area (Å²) in [7, 11) is 0. The second-order valence-corrected chi connectivity index (χ2v) is 10.0. The molecule has 3 aromatic rings. The van der Waals surface area contributed by atoms with Crippen LogP contribution in [0.25, 0.3) is 16.4 Å². The van der Waals surface area contributed by atoms with Gasteiger partial charge in [0, 0.05) is 37.6 Å². The molecule has 0 unspecified atom stereocenters. The summed E-state index contributed by atoms with van der Waals surface area (Å²) in [4.78, 5) is 35.1. The first kappa shape index (κ1) is 21.2. The zero-order valence-corrected chi connectivity index (χ0v) is 19.4. The van der Waals surface area contributed by atoms with Crippen molar-refractivity contribution in [2.45, 2.75) is 45.3 Å². The lowest BCUT2D eigenvalue weighted by molar-refractivity contribution is 0.00656. The molecule has 0 spiro atoms. The van der Waals surface area contributed by atoms with Crippen molar-refractivity contribution in [3.05, 3.63) is 46.9 Å². The SMILES string of the molecule is CC(C)(C)OC(=O)c1ncn2c1cc(C(=O)N1CCN(C3CC3)CC1)c1c(Cl)cccc12. The molecular formula is C24H27ClN4O3. The van der Waals surface area contributed by atoms with E-state index in [0.717, 1.165) is 18.6 Å². The Morgan fingerprint density at radius 2 is 1.81 bits per heavy atom. The maximum atomic E-state index is 13.6. The van der Waals surface area contributed by atoms with Crippen LogP contribution in [0.4, 0.5) is 0 Å². The summed E-state index contributed by atoms with van der Waals surface area (Å²) in [5.74, 6) is -0.588. The zero-order valence-electron chi connectivity index (χ0n) is 18.6. The highest BCUT2D eigenvalue weighted by molar-refractivity contribution is 6.37. The topological polar surface area (TPSA) is 67.1 Å². The highest BCUT2D eigenvalue weighted by Crippen LogP contribution is 2.32. The van der Waals surface area contributed by atoms with Crippen molar-refractivity contribution in [2.75, 3.05) is 26.2 Å². The number of carbonyl (C=O) groups excluding carboxylic acids is 2. The van der Waals surface area contributed by atoms with Gasteiger partial charge in [0.2, 0.25) is 0 Å². The minimum atomic E-state index is -0.646. The third kappa shape index (κ3) is 3.84. The molecule has 0 atom stereocenters. The lowest BCUT2D eigenvalue weighted by Crippen LogP contribution is -2.49. The van der Waals surface area contributed by atoms with Crippen LogP contribution in [0.2, 0.25) is 5.02 Å². The van der Waals surface area contributed by atoms with E-state index in [4.69, 9.17) is 16.3 Å². The van der Waals surface area contributed by atoms with Crippen LogP contribution < -0.4 is 0 Å². The third-order valence-electron chi connectivity index (χ3n) is 6.09. The third-order valence-corrected chi connectivity index (χ3v) is 6.41. The Bertz CT molecular complexity index is 1220. The molecule has 2 fully saturated rings. The van der Waals surface area contributed by atoms with E-state index in [9.17, 15) is 9.59 Å². The van der Waals surface area contributed by atoms with Gasteiger partial charge in [-0.15, -0.1) is 0 Å². The van der Waals surface area contributed by atoms with E-state index in [-0.39, 0.29) is 11.6 Å². The van der Waals surface area contributed by atoms with Crippen molar-refractivity contribution in [3.8, 4) is 0 Å². The van der Waals surface area contributed by atoms with Gasteiger partial charge in [-0.1, -0.05) is 17.7 Å². The van der Waals surface area contributed by atoms with Gasteiger partial charge in [0.1, 0.15) is 11.9 Å². The van der Waals surface area contributed by atoms with Gasteiger partial charge in [0.05, 0.1) is 21.6 Å². The molecule has 1 aliphatic carbocycles. The van der Waals surface area contributed by atoms with Crippen LogP contribution in [-0.2, 0) is 4.74 Å². The normalized spacial score (nSPS) is 17.8. The Kier molecular flexibility index (Phi) is 5.13. The number of fused-ring (bicyclic) bond motifs is 3. The molecule has 3 heterocycles. The molecule has 0 bridgehead atoms. The van der Waals surface area contributed by atoms with Crippen LogP contribution in [-0.4, -0.2) is 68.9 Å². The van der Waals surface area contributed by atoms with Crippen LogP contribution in [0, 0.1) is 0 Å². The van der Waals surface area contributed by atoms with Gasteiger partial charge in [-0.05, 0) is 51.8 Å². The number of ether oxygens (including phenoxy) is 1. The summed E-state index contributed by atoms with van der Waals surface area (Å²) in [5.41, 5.74) is 1.30. The molecule has 0 radical (unpaired) electrons. The number of benzene rings is 1. The van der Waals surface area contributed by atoms with Gasteiger partial charge < -0.3 is 9.64 Å². The highest BCUT2D eigenvalue weighted by atomic mass is 35.5. The number of pyridine rings is 1. The van der Waals surface area contributed by atoms with Crippen LogP contribution >= 0.6 is 11.6 Å². The lowest BCUT2D eigenvalue weighted by atomic mass is 10.1. The second kappa shape index (κ2) is 7.74. The minimum absolute atomic E-state index is 0.0719. The first-order valence-corrected chi connectivity index (χ1v) is 11.5. The van der Waals surface area contributed by atoms with Crippen molar-refractivity contribution >= 4 is 39.9 Å². The highest BCUT2D eigenvalue weighted by Gasteiger charge is 2.33. The van der Waals surface area contributed by atoms with Crippen LogP contribution in [0.5, 0.6) is 0 Å². The van der Waals surface area contributed by atoms with Crippen molar-refractivity contribution in [2.24, 2.45) is 0 Å². The standard InChI is InChI=1S/C24H27ClN4O3/c1-24(2,3)32-23(31)21-19-13-16(20-17(25)5-4-6-18(20)29(19)14-26-21)22(30)28-11-9-27(10-12-28)15-7-8-15/h4-6,13-15H,7-12H2,1-3H3. The Morgan fingerprint density at radius 1 is 1.09 bits per heavy atom. The van der Waals surface area contributed by atoms with Crippen LogP contribution in [0.1, 0.15) is 54.5 Å². The van der Waals surface area contributed by atoms with E-state index >= 15 is 0 Å². The smallest absolute Gasteiger partial charge is 0.359 e. The molecule has 2 aromatic heterocycles. The summed E-state index contributed by atoms with van der Waals surface area (Å²) in [6.07, 6.45) is 4.11. The van der Waals surface area contributed by atoms with E-state index in [1.165, 1.54) is 12.8 Å². The number of aromatic nitrogens is 2. The second-order valence-electron chi connectivity index (χ2n) is 9.60. The van der Waals surface area contributed by atoms with Crippen molar-refractivity contribution in [3.63, 3.8) is 0 Å². The summed E-state index contributed by atoms with van der Waals surface area (Å²) in [5, 5.41) is 1.17. The number of halogens is 1. The van der Waals surface area contributed by atoms with Gasteiger partial charge in [-0.3, -0.25) is 14.1 Å². The van der Waals surface area contributed by atoms with E-state index < -0.39 is 11.6 Å². The van der Waals surface area contributed by atoms with Gasteiger partial charge in [-0.25, -0.2) is 9.78 Å². The number of amides is 1. The predicted octanol–water partition coefficient (Wildman–Crippen LogP) is 4.02. The molecule has 2 aliphatic rings. The van der Waals surface area contributed by atoms with Crippen LogP contribution in [0.3, 0.4) is 0 Å². The molecule has 5 rings (SSSR count). The van der Waals surface area contributed by atoms with Gasteiger partial charge in [0.15, 0.2) is 5.69 Å². The Morgan fingerprint density at radius 3 is 2.47 bits per heavy atom. The fourth-order valence-corrected chi connectivity index (χ4v) is 4.70. The van der Waals surface area contributed by atoms with Gasteiger partial charge in [-0.2, -0.15) is 0 Å². The van der Waals surface area contributed by atoms with E-state index in [1.807, 2.05) is 37.8 Å². The fourth-order valence-electron chi connectivity index (χ4n) is 4.43. The molecule has 8 heteroatoms. The number of piperazine rings is 1. The van der Waals surface area contributed by atoms with Crippen molar-refractivity contribution in [1.82, 2.24) is 19.2 Å². The Labute approximate surface area is 191 Å². The predicted molar refractivity (Wildman–Crippen MR) is 123 cm³/mol. The van der Waals surface area contributed by atoms with E-state index in [2.05, 4.69) is 9.88 Å². The van der Waals surface area contributed by atoms with E-state index in [1.54, 1.807) is 22.9 Å². The number of rotatable bonds is 3. The molecular weight excluding hydrogens is 428 g/mol. The number of hydrogen-bond acceptors (Lipinski definition) is 5. The molecule has 1 amide bonds. The molecule has 1 saturated heterocycles. The molecule has 168 valence electrons. The quantitative estimate of drug-likeness (QED) is 0.559. The zero-order chi connectivity index (χ0) is 22.6. The summed E-state index contributed by atoms with van der Waals surface area (Å²) in [6, 6.07) is 7.93. The number of carbonyl (C=O) groups is 2. The molecule has 7 nitrogen and oxygen atoms in total. The minimum Gasteiger partial charge on any atom is -0.455 e. The molecule has 32 heavy (non-hydrogen) atoms. The molecule has 1 aromatic carbocycles. The lowest BCUT2D eigenvalue weighted by Gasteiger charge is -2.35. The average Bonchev–Trinajstić information content (AvgIpc) is 3.50.